The molecule has 0 saturated carbocycles. The number of rotatable bonds is 6. The first-order chi connectivity index (χ1) is 14.6. The Labute approximate surface area is 173 Å². The minimum absolute atomic E-state index is 0.108. The first-order valence-electron chi connectivity index (χ1n) is 8.87. The SMILES string of the molecule is CN(CC(=O)Nc1ccccc1C(F)(F)F)C(=O)Cn1nnc(-c2cccc(F)c2)n1. The Morgan fingerprint density at radius 3 is 2.58 bits per heavy atom. The highest BCUT2D eigenvalue weighted by Crippen LogP contribution is 2.34. The average Bonchev–Trinajstić information content (AvgIpc) is 3.16. The molecular formula is C19H16F4N6O2. The molecule has 8 nitrogen and oxygen atoms in total. The third-order valence-electron chi connectivity index (χ3n) is 4.13. The van der Waals surface area contributed by atoms with E-state index in [4.69, 9.17) is 0 Å². The van der Waals surface area contributed by atoms with Gasteiger partial charge < -0.3 is 10.2 Å². The average molecular weight is 436 g/mol. The van der Waals surface area contributed by atoms with Crippen molar-refractivity contribution in [3.8, 4) is 11.4 Å². The molecule has 0 spiro atoms. The molecule has 0 fully saturated rings. The van der Waals surface area contributed by atoms with Crippen LogP contribution in [0, 0.1) is 5.82 Å². The summed E-state index contributed by atoms with van der Waals surface area (Å²) in [7, 11) is 1.31. The lowest BCUT2D eigenvalue weighted by atomic mass is 10.1. The van der Waals surface area contributed by atoms with Crippen molar-refractivity contribution in [2.24, 2.45) is 0 Å². The molecular weight excluding hydrogens is 420 g/mol. The number of anilines is 1. The molecule has 0 aliphatic carbocycles. The molecule has 0 radical (unpaired) electrons. The second-order valence-corrected chi connectivity index (χ2v) is 6.50. The van der Waals surface area contributed by atoms with E-state index in [0.717, 1.165) is 21.8 Å². The summed E-state index contributed by atoms with van der Waals surface area (Å²) < 4.78 is 52.4. The van der Waals surface area contributed by atoms with E-state index in [1.165, 1.54) is 37.4 Å². The van der Waals surface area contributed by atoms with Crippen molar-refractivity contribution in [2.45, 2.75) is 12.7 Å². The van der Waals surface area contributed by atoms with E-state index in [9.17, 15) is 27.2 Å². The number of hydrogen-bond donors (Lipinski definition) is 1. The number of benzene rings is 2. The summed E-state index contributed by atoms with van der Waals surface area (Å²) in [6, 6.07) is 10.0. The second-order valence-electron chi connectivity index (χ2n) is 6.50. The van der Waals surface area contributed by atoms with Gasteiger partial charge in [0.05, 0.1) is 17.8 Å². The molecule has 0 saturated heterocycles. The van der Waals surface area contributed by atoms with Gasteiger partial charge >= 0.3 is 6.18 Å². The van der Waals surface area contributed by atoms with Crippen molar-refractivity contribution < 1.29 is 27.2 Å². The van der Waals surface area contributed by atoms with Crippen molar-refractivity contribution in [2.75, 3.05) is 18.9 Å². The van der Waals surface area contributed by atoms with Gasteiger partial charge in [0.2, 0.25) is 17.6 Å². The summed E-state index contributed by atoms with van der Waals surface area (Å²) in [4.78, 5) is 26.4. The zero-order valence-corrected chi connectivity index (χ0v) is 16.1. The number of nitrogens with one attached hydrogen (secondary N) is 1. The third kappa shape index (κ3) is 5.62. The number of amides is 2. The number of carbonyl (C=O) groups is 2. The van der Waals surface area contributed by atoms with Gasteiger partial charge in [-0.3, -0.25) is 9.59 Å². The highest BCUT2D eigenvalue weighted by molar-refractivity contribution is 5.95. The first-order valence-corrected chi connectivity index (χ1v) is 8.87. The highest BCUT2D eigenvalue weighted by Gasteiger charge is 2.33. The van der Waals surface area contributed by atoms with Gasteiger partial charge in [0.25, 0.3) is 0 Å². The van der Waals surface area contributed by atoms with Crippen LogP contribution in [0.1, 0.15) is 5.56 Å². The molecule has 0 unspecified atom stereocenters. The van der Waals surface area contributed by atoms with E-state index in [-0.39, 0.29) is 12.4 Å². The van der Waals surface area contributed by atoms with Crippen molar-refractivity contribution in [3.05, 3.63) is 59.9 Å². The molecule has 0 aliphatic heterocycles. The van der Waals surface area contributed by atoms with E-state index in [1.807, 2.05) is 0 Å². The topological polar surface area (TPSA) is 93.0 Å². The molecule has 1 aromatic heterocycles. The molecule has 0 aliphatic rings. The summed E-state index contributed by atoms with van der Waals surface area (Å²) in [6.45, 7) is -0.859. The van der Waals surface area contributed by atoms with Crippen LogP contribution in [0.3, 0.4) is 0 Å². The van der Waals surface area contributed by atoms with Gasteiger partial charge in [-0.2, -0.15) is 18.0 Å². The van der Waals surface area contributed by atoms with Gasteiger partial charge in [0.1, 0.15) is 12.4 Å². The zero-order chi connectivity index (χ0) is 22.6. The first kappa shape index (κ1) is 21.9. The Kier molecular flexibility index (Phi) is 6.28. The van der Waals surface area contributed by atoms with E-state index >= 15 is 0 Å². The maximum Gasteiger partial charge on any atom is 0.418 e. The van der Waals surface area contributed by atoms with Crippen LogP contribution < -0.4 is 5.32 Å². The molecule has 3 rings (SSSR count). The predicted molar refractivity (Wildman–Crippen MR) is 101 cm³/mol. The Morgan fingerprint density at radius 2 is 1.87 bits per heavy atom. The molecule has 2 aromatic carbocycles. The minimum atomic E-state index is -4.64. The number of para-hydroxylation sites is 1. The number of likely N-dealkylation sites (N-methyl/N-ethyl adjacent to an activating group) is 1. The molecule has 31 heavy (non-hydrogen) atoms. The molecule has 0 atom stereocenters. The summed E-state index contributed by atoms with van der Waals surface area (Å²) in [6.07, 6.45) is -4.64. The van der Waals surface area contributed by atoms with Crippen molar-refractivity contribution in [1.82, 2.24) is 25.1 Å². The largest absolute Gasteiger partial charge is 0.418 e. The Hall–Kier alpha value is -3.83. The van der Waals surface area contributed by atoms with Crippen LogP contribution in [0.4, 0.5) is 23.2 Å². The zero-order valence-electron chi connectivity index (χ0n) is 16.1. The van der Waals surface area contributed by atoms with Crippen LogP contribution >= 0.6 is 0 Å². The lowest BCUT2D eigenvalue weighted by Gasteiger charge is -2.18. The molecule has 2 amide bonds. The number of nitrogens with zero attached hydrogens (tertiary/aromatic N) is 5. The van der Waals surface area contributed by atoms with Gasteiger partial charge in [-0.05, 0) is 29.5 Å². The van der Waals surface area contributed by atoms with Crippen LogP contribution in [0.2, 0.25) is 0 Å². The quantitative estimate of drug-likeness (QED) is 0.600. The number of tetrazole rings is 1. The van der Waals surface area contributed by atoms with E-state index in [0.29, 0.717) is 5.56 Å². The maximum absolute atomic E-state index is 13.3. The van der Waals surface area contributed by atoms with Crippen LogP contribution in [-0.2, 0) is 22.3 Å². The lowest BCUT2D eigenvalue weighted by molar-refractivity contribution is -0.137. The second kappa shape index (κ2) is 8.90. The number of carbonyl (C=O) groups excluding carboxylic acids is 2. The van der Waals surface area contributed by atoms with Crippen LogP contribution in [0.15, 0.2) is 48.5 Å². The van der Waals surface area contributed by atoms with Crippen molar-refractivity contribution >= 4 is 17.5 Å². The van der Waals surface area contributed by atoms with Crippen molar-refractivity contribution in [3.63, 3.8) is 0 Å². The van der Waals surface area contributed by atoms with Crippen LogP contribution in [-0.4, -0.2) is 50.5 Å². The Balaban J connectivity index is 1.60. The summed E-state index contributed by atoms with van der Waals surface area (Å²) >= 11 is 0. The van der Waals surface area contributed by atoms with Gasteiger partial charge in [-0.25, -0.2) is 4.39 Å². The molecule has 162 valence electrons. The summed E-state index contributed by atoms with van der Waals surface area (Å²) in [5.74, 6) is -1.76. The Bertz CT molecular complexity index is 1100. The van der Waals surface area contributed by atoms with Gasteiger partial charge in [0.15, 0.2) is 0 Å². The molecule has 3 aromatic rings. The standard InChI is InChI=1S/C19H16F4N6O2/c1-28(10-16(30)24-15-8-3-2-7-14(15)19(21,22)23)17(31)11-29-26-18(25-27-29)12-5-4-6-13(20)9-12/h2-9H,10-11H2,1H3,(H,24,30). The number of hydrogen-bond acceptors (Lipinski definition) is 5. The lowest BCUT2D eigenvalue weighted by Crippen LogP contribution is -2.37. The van der Waals surface area contributed by atoms with E-state index < -0.39 is 41.6 Å². The van der Waals surface area contributed by atoms with Gasteiger partial charge in [-0.1, -0.05) is 24.3 Å². The third-order valence-corrected chi connectivity index (χ3v) is 4.13. The smallest absolute Gasteiger partial charge is 0.335 e. The highest BCUT2D eigenvalue weighted by atomic mass is 19.4. The van der Waals surface area contributed by atoms with Gasteiger partial charge in [-0.15, -0.1) is 10.2 Å². The monoisotopic (exact) mass is 436 g/mol. The summed E-state index contributed by atoms with van der Waals surface area (Å²) in [5, 5.41) is 13.6. The van der Waals surface area contributed by atoms with Gasteiger partial charge in [0, 0.05) is 12.6 Å². The number of aromatic nitrogens is 4. The minimum Gasteiger partial charge on any atom is -0.335 e. The fourth-order valence-electron chi connectivity index (χ4n) is 2.63. The van der Waals surface area contributed by atoms with Crippen LogP contribution in [0.5, 0.6) is 0 Å². The number of halogens is 4. The molecule has 1 N–H and O–H groups in total. The fourth-order valence-corrected chi connectivity index (χ4v) is 2.63. The maximum atomic E-state index is 13.3. The van der Waals surface area contributed by atoms with E-state index in [2.05, 4.69) is 20.7 Å². The van der Waals surface area contributed by atoms with Crippen LogP contribution in [0.25, 0.3) is 11.4 Å². The normalized spacial score (nSPS) is 11.3. The van der Waals surface area contributed by atoms with Crippen molar-refractivity contribution in [1.29, 1.82) is 0 Å². The predicted octanol–water partition coefficient (Wildman–Crippen LogP) is 2.60. The Morgan fingerprint density at radius 1 is 1.13 bits per heavy atom. The molecule has 1 heterocycles. The fraction of sp³-hybridized carbons (Fsp3) is 0.211. The number of alkyl halides is 3. The summed E-state index contributed by atoms with van der Waals surface area (Å²) in [5.41, 5.74) is -1.03. The van der Waals surface area contributed by atoms with E-state index in [1.54, 1.807) is 6.07 Å². The molecule has 12 heteroatoms. The molecule has 0 bridgehead atoms.